The lowest BCUT2D eigenvalue weighted by atomic mass is 10.2. The van der Waals surface area contributed by atoms with Crippen molar-refractivity contribution in [3.8, 4) is 11.5 Å². The van der Waals surface area contributed by atoms with Crippen molar-refractivity contribution in [2.45, 2.75) is 11.8 Å². The Balaban J connectivity index is 1.24. The van der Waals surface area contributed by atoms with Gasteiger partial charge in [-0.15, -0.1) is 21.5 Å². The van der Waals surface area contributed by atoms with Gasteiger partial charge >= 0.3 is 0 Å². The third kappa shape index (κ3) is 4.94. The molecule has 1 amide bonds. The zero-order chi connectivity index (χ0) is 19.3. The highest BCUT2D eigenvalue weighted by Crippen LogP contribution is 2.24. The van der Waals surface area contributed by atoms with Gasteiger partial charge in [-0.3, -0.25) is 9.69 Å². The van der Waals surface area contributed by atoms with E-state index in [2.05, 4.69) is 32.6 Å². The molecule has 6 nitrogen and oxygen atoms in total. The second-order valence-electron chi connectivity index (χ2n) is 6.40. The van der Waals surface area contributed by atoms with Gasteiger partial charge in [0.25, 0.3) is 5.22 Å². The predicted molar refractivity (Wildman–Crippen MR) is 112 cm³/mol. The lowest BCUT2D eigenvalue weighted by Crippen LogP contribution is -2.48. The molecule has 1 aliphatic heterocycles. The van der Waals surface area contributed by atoms with Crippen molar-refractivity contribution in [3.63, 3.8) is 0 Å². The summed E-state index contributed by atoms with van der Waals surface area (Å²) >= 11 is 8.94. The Bertz CT molecular complexity index is 906. The number of hydrogen-bond donors (Lipinski definition) is 0. The molecule has 146 valence electrons. The van der Waals surface area contributed by atoms with Crippen molar-refractivity contribution in [2.24, 2.45) is 0 Å². The highest BCUT2D eigenvalue weighted by Gasteiger charge is 2.22. The van der Waals surface area contributed by atoms with Gasteiger partial charge in [0, 0.05) is 48.2 Å². The second-order valence-corrected chi connectivity index (χ2v) is 8.80. The van der Waals surface area contributed by atoms with Crippen molar-refractivity contribution in [2.75, 3.05) is 31.9 Å². The summed E-state index contributed by atoms with van der Waals surface area (Å²) in [5, 5.41) is 11.2. The first kappa shape index (κ1) is 19.4. The largest absolute Gasteiger partial charge is 0.411 e. The number of benzene rings is 1. The number of nitrogens with zero attached hydrogens (tertiary/aromatic N) is 4. The Morgan fingerprint density at radius 2 is 1.93 bits per heavy atom. The zero-order valence-electron chi connectivity index (χ0n) is 15.1. The molecular weight excluding hydrogens is 416 g/mol. The first-order valence-electron chi connectivity index (χ1n) is 8.92. The van der Waals surface area contributed by atoms with Crippen LogP contribution in [0, 0.1) is 0 Å². The van der Waals surface area contributed by atoms with E-state index in [0.29, 0.717) is 21.9 Å². The van der Waals surface area contributed by atoms with Crippen molar-refractivity contribution in [1.29, 1.82) is 0 Å². The van der Waals surface area contributed by atoms with E-state index in [1.165, 1.54) is 16.6 Å². The average Bonchev–Trinajstić information content (AvgIpc) is 3.39. The molecule has 0 saturated carbocycles. The van der Waals surface area contributed by atoms with E-state index >= 15 is 0 Å². The van der Waals surface area contributed by atoms with E-state index in [-0.39, 0.29) is 5.91 Å². The van der Waals surface area contributed by atoms with Gasteiger partial charge in [-0.05, 0) is 35.7 Å². The van der Waals surface area contributed by atoms with Crippen LogP contribution in [0.3, 0.4) is 0 Å². The number of thioether (sulfide) groups is 1. The van der Waals surface area contributed by atoms with Gasteiger partial charge in [-0.2, -0.15) is 0 Å². The minimum absolute atomic E-state index is 0.104. The summed E-state index contributed by atoms with van der Waals surface area (Å²) in [7, 11) is 0. The molecule has 3 aromatic rings. The Kier molecular flexibility index (Phi) is 6.31. The minimum atomic E-state index is 0.104. The van der Waals surface area contributed by atoms with Crippen molar-refractivity contribution < 1.29 is 9.21 Å². The predicted octanol–water partition coefficient (Wildman–Crippen LogP) is 3.89. The topological polar surface area (TPSA) is 62.5 Å². The molecule has 1 aliphatic rings. The van der Waals surface area contributed by atoms with Crippen LogP contribution in [0.4, 0.5) is 0 Å². The highest BCUT2D eigenvalue weighted by molar-refractivity contribution is 7.99. The van der Waals surface area contributed by atoms with E-state index < -0.39 is 0 Å². The van der Waals surface area contributed by atoms with Crippen LogP contribution in [-0.2, 0) is 11.3 Å². The molecule has 0 unspecified atom stereocenters. The fourth-order valence-corrected chi connectivity index (χ4v) is 4.51. The zero-order valence-corrected chi connectivity index (χ0v) is 17.5. The van der Waals surface area contributed by atoms with Gasteiger partial charge < -0.3 is 9.32 Å². The fraction of sp³-hybridized carbons (Fsp3) is 0.316. The van der Waals surface area contributed by atoms with Gasteiger partial charge in [-0.25, -0.2) is 0 Å². The van der Waals surface area contributed by atoms with Gasteiger partial charge in [0.15, 0.2) is 0 Å². The molecule has 0 spiro atoms. The van der Waals surface area contributed by atoms with Crippen LogP contribution in [0.25, 0.3) is 11.5 Å². The molecule has 28 heavy (non-hydrogen) atoms. The van der Waals surface area contributed by atoms with Gasteiger partial charge in [0.2, 0.25) is 11.8 Å². The number of rotatable bonds is 6. The third-order valence-corrected chi connectivity index (χ3v) is 6.42. The molecular formula is C19H19ClN4O2S2. The van der Waals surface area contributed by atoms with E-state index in [4.69, 9.17) is 16.0 Å². The molecule has 0 bridgehead atoms. The Morgan fingerprint density at radius 3 is 2.64 bits per heavy atom. The number of halogens is 1. The van der Waals surface area contributed by atoms with Crippen molar-refractivity contribution >= 4 is 40.6 Å². The quantitative estimate of drug-likeness (QED) is 0.548. The smallest absolute Gasteiger partial charge is 0.277 e. The third-order valence-electron chi connectivity index (χ3n) is 4.50. The first-order chi connectivity index (χ1) is 13.7. The number of carbonyl (C=O) groups excluding carboxylic acids is 1. The first-order valence-corrected chi connectivity index (χ1v) is 11.2. The molecule has 3 heterocycles. The van der Waals surface area contributed by atoms with Crippen LogP contribution in [0.2, 0.25) is 5.02 Å². The van der Waals surface area contributed by atoms with Gasteiger partial charge in [-0.1, -0.05) is 29.4 Å². The summed E-state index contributed by atoms with van der Waals surface area (Å²) in [5.74, 6) is 0.827. The number of hydrogen-bond acceptors (Lipinski definition) is 7. The molecule has 1 aromatic carbocycles. The Morgan fingerprint density at radius 1 is 1.14 bits per heavy atom. The SMILES string of the molecule is O=C(CSc1nnc(-c2ccc(Cl)cc2)o1)N1CCN(Cc2cccs2)CC1. The molecule has 4 rings (SSSR count). The van der Waals surface area contributed by atoms with E-state index in [1.54, 1.807) is 23.5 Å². The molecule has 1 saturated heterocycles. The Labute approximate surface area is 176 Å². The molecule has 0 atom stereocenters. The molecule has 1 fully saturated rings. The van der Waals surface area contributed by atoms with Crippen LogP contribution in [0.5, 0.6) is 0 Å². The summed E-state index contributed by atoms with van der Waals surface area (Å²) in [4.78, 5) is 18.2. The number of amides is 1. The van der Waals surface area contributed by atoms with Crippen LogP contribution >= 0.6 is 34.7 Å². The van der Waals surface area contributed by atoms with Crippen LogP contribution in [-0.4, -0.2) is 57.8 Å². The maximum atomic E-state index is 12.5. The summed E-state index contributed by atoms with van der Waals surface area (Å²) in [6.07, 6.45) is 0. The maximum Gasteiger partial charge on any atom is 0.277 e. The lowest BCUT2D eigenvalue weighted by molar-refractivity contribution is -0.130. The molecule has 0 aliphatic carbocycles. The number of piperazine rings is 1. The standard InChI is InChI=1S/C19H19ClN4O2S2/c20-15-5-3-14(4-6-15)18-21-22-19(26-18)28-13-17(25)24-9-7-23(8-10-24)12-16-2-1-11-27-16/h1-6,11H,7-10,12-13H2. The normalized spacial score (nSPS) is 15.1. The van der Waals surface area contributed by atoms with Gasteiger partial charge in [0.1, 0.15) is 0 Å². The molecule has 2 aromatic heterocycles. The molecule has 0 radical (unpaired) electrons. The minimum Gasteiger partial charge on any atom is -0.411 e. The van der Waals surface area contributed by atoms with Gasteiger partial charge in [0.05, 0.1) is 5.75 Å². The van der Waals surface area contributed by atoms with E-state index in [1.807, 2.05) is 17.0 Å². The summed E-state index contributed by atoms with van der Waals surface area (Å²) in [6.45, 7) is 4.27. The number of carbonyl (C=O) groups is 1. The van der Waals surface area contributed by atoms with E-state index in [9.17, 15) is 4.79 Å². The van der Waals surface area contributed by atoms with E-state index in [0.717, 1.165) is 38.3 Å². The summed E-state index contributed by atoms with van der Waals surface area (Å²) in [5.41, 5.74) is 0.803. The van der Waals surface area contributed by atoms with Crippen molar-refractivity contribution in [3.05, 3.63) is 51.7 Å². The van der Waals surface area contributed by atoms with Crippen LogP contribution in [0.1, 0.15) is 4.88 Å². The summed E-state index contributed by atoms with van der Waals surface area (Å²) < 4.78 is 5.64. The van der Waals surface area contributed by atoms with Crippen LogP contribution < -0.4 is 0 Å². The number of thiophene rings is 1. The highest BCUT2D eigenvalue weighted by atomic mass is 35.5. The fourth-order valence-electron chi connectivity index (χ4n) is 2.97. The average molecular weight is 435 g/mol. The Hall–Kier alpha value is -1.87. The lowest BCUT2D eigenvalue weighted by Gasteiger charge is -2.34. The second kappa shape index (κ2) is 9.09. The van der Waals surface area contributed by atoms with Crippen LogP contribution in [0.15, 0.2) is 51.4 Å². The number of aromatic nitrogens is 2. The maximum absolute atomic E-state index is 12.5. The molecule has 0 N–H and O–H groups in total. The monoisotopic (exact) mass is 434 g/mol. The summed E-state index contributed by atoms with van der Waals surface area (Å²) in [6, 6.07) is 11.4. The molecule has 9 heteroatoms. The van der Waals surface area contributed by atoms with Crippen molar-refractivity contribution in [1.82, 2.24) is 20.0 Å².